The molecule has 3 fully saturated rings. The lowest BCUT2D eigenvalue weighted by Gasteiger charge is -2.38. The Morgan fingerprint density at radius 3 is 2.49 bits per heavy atom. The molecule has 3 aliphatic rings. The largest absolute Gasteiger partial charge is 0.368 e. The van der Waals surface area contributed by atoms with Crippen LogP contribution in [0.4, 0.5) is 5.69 Å². The Labute approximate surface area is 220 Å². The first-order valence-corrected chi connectivity index (χ1v) is 14.9. The van der Waals surface area contributed by atoms with E-state index in [0.717, 1.165) is 48.9 Å². The summed E-state index contributed by atoms with van der Waals surface area (Å²) >= 11 is 0. The van der Waals surface area contributed by atoms with E-state index < -0.39 is 10.0 Å². The van der Waals surface area contributed by atoms with Crippen LogP contribution in [0, 0.1) is 5.92 Å². The van der Waals surface area contributed by atoms with E-state index in [2.05, 4.69) is 49.2 Å². The first kappa shape index (κ1) is 26.2. The molecule has 5 rings (SSSR count). The normalized spacial score (nSPS) is 27.7. The van der Waals surface area contributed by atoms with Gasteiger partial charge >= 0.3 is 0 Å². The number of carbonyl (C=O) groups is 1. The third-order valence-electron chi connectivity index (χ3n) is 8.15. The van der Waals surface area contributed by atoms with Crippen LogP contribution in [0.25, 0.3) is 10.9 Å². The zero-order valence-electron chi connectivity index (χ0n) is 22.6. The molecule has 0 unspecified atom stereocenters. The summed E-state index contributed by atoms with van der Waals surface area (Å²) in [6, 6.07) is 4.15. The van der Waals surface area contributed by atoms with Crippen molar-refractivity contribution in [3.63, 3.8) is 0 Å². The summed E-state index contributed by atoms with van der Waals surface area (Å²) in [7, 11) is -3.72. The van der Waals surface area contributed by atoms with Gasteiger partial charge in [0.25, 0.3) is 0 Å². The van der Waals surface area contributed by atoms with Gasteiger partial charge in [0.15, 0.2) is 0 Å². The molecule has 1 saturated carbocycles. The third-order valence-corrected chi connectivity index (χ3v) is 9.77. The van der Waals surface area contributed by atoms with Gasteiger partial charge in [0.1, 0.15) is 0 Å². The van der Waals surface area contributed by atoms with Gasteiger partial charge < -0.3 is 15.1 Å². The monoisotopic (exact) mass is 528 g/mol. The fourth-order valence-electron chi connectivity index (χ4n) is 6.03. The summed E-state index contributed by atoms with van der Waals surface area (Å²) in [6.07, 6.45) is 5.68. The van der Waals surface area contributed by atoms with Crippen molar-refractivity contribution in [2.75, 3.05) is 24.5 Å². The van der Waals surface area contributed by atoms with Crippen molar-refractivity contribution in [3.8, 4) is 0 Å². The molecule has 2 N–H and O–H groups in total. The number of nitrogens with zero attached hydrogens (tertiary/aromatic N) is 4. The number of piperazine rings is 1. The predicted molar refractivity (Wildman–Crippen MR) is 146 cm³/mol. The maximum Gasteiger partial charge on any atom is 0.246 e. The van der Waals surface area contributed by atoms with Crippen LogP contribution in [0.2, 0.25) is 0 Å². The quantitative estimate of drug-likeness (QED) is 0.536. The zero-order valence-corrected chi connectivity index (χ0v) is 23.4. The lowest BCUT2D eigenvalue weighted by atomic mass is 10.0. The minimum atomic E-state index is -3.72. The Bertz CT molecular complexity index is 1300. The molecule has 1 aliphatic carbocycles. The number of aromatic nitrogens is 2. The summed E-state index contributed by atoms with van der Waals surface area (Å²) in [5.41, 5.74) is 1.31. The molecule has 0 bridgehead atoms. The van der Waals surface area contributed by atoms with E-state index in [1.165, 1.54) is 6.08 Å². The van der Waals surface area contributed by atoms with E-state index in [1.807, 2.05) is 28.8 Å². The van der Waals surface area contributed by atoms with Gasteiger partial charge in [-0.2, -0.15) is 5.10 Å². The van der Waals surface area contributed by atoms with Crippen molar-refractivity contribution in [2.45, 2.75) is 88.5 Å². The fraction of sp³-hybridized carbons (Fsp3) is 0.630. The van der Waals surface area contributed by atoms with Crippen molar-refractivity contribution in [1.82, 2.24) is 24.7 Å². The maximum atomic E-state index is 13.5. The van der Waals surface area contributed by atoms with Gasteiger partial charge in [0.2, 0.25) is 15.9 Å². The number of carbonyl (C=O) groups excluding carboxylic acids is 1. The smallest absolute Gasteiger partial charge is 0.246 e. The van der Waals surface area contributed by atoms with Crippen molar-refractivity contribution in [2.24, 2.45) is 5.92 Å². The topological polar surface area (TPSA) is 99.6 Å². The first-order chi connectivity index (χ1) is 17.4. The average Bonchev–Trinajstić information content (AvgIpc) is 3.22. The van der Waals surface area contributed by atoms with Gasteiger partial charge in [0.05, 0.1) is 22.7 Å². The summed E-state index contributed by atoms with van der Waals surface area (Å²) in [6.45, 7) is 16.3. The number of fused-ring (bicyclic) bond motifs is 1. The van der Waals surface area contributed by atoms with Gasteiger partial charge in [-0.15, -0.1) is 0 Å². The van der Waals surface area contributed by atoms with Gasteiger partial charge in [-0.3, -0.25) is 9.48 Å². The number of nitrogens with one attached hydrogen (secondary N) is 2. The van der Waals surface area contributed by atoms with Gasteiger partial charge in [-0.25, -0.2) is 13.1 Å². The van der Waals surface area contributed by atoms with Gasteiger partial charge in [-0.1, -0.05) is 20.4 Å². The van der Waals surface area contributed by atoms with Crippen LogP contribution in [0.5, 0.6) is 0 Å². The number of amides is 1. The Hall–Kier alpha value is -2.43. The van der Waals surface area contributed by atoms with E-state index in [9.17, 15) is 13.2 Å². The van der Waals surface area contributed by atoms with Crippen LogP contribution in [0.3, 0.4) is 0 Å². The standard InChI is InChI=1S/C27H40N6O3S/c1-7-26(34)32-16-20(10-23(32)17(2)3)33-25-12-21(37(35,36)30-27(6)8-9-27)11-24(22(25)13-28-33)31-14-18(4)29-19(5)15-31/h7,11-13,17-20,23,29-30H,1,8-10,14-16H2,2-6H3/t18-,19-,20+,23-/m0/s1. The van der Waals surface area contributed by atoms with E-state index in [1.54, 1.807) is 6.07 Å². The highest BCUT2D eigenvalue weighted by Gasteiger charge is 2.42. The minimum absolute atomic E-state index is 0.0469. The zero-order chi connectivity index (χ0) is 26.7. The molecule has 2 aromatic rings. The Balaban J connectivity index is 1.61. The molecule has 1 amide bonds. The Kier molecular flexibility index (Phi) is 6.65. The van der Waals surface area contributed by atoms with Gasteiger partial charge in [0, 0.05) is 54.4 Å². The Morgan fingerprint density at radius 1 is 1.22 bits per heavy atom. The molecule has 0 radical (unpaired) electrons. The highest BCUT2D eigenvalue weighted by Crippen LogP contribution is 2.39. The van der Waals surface area contributed by atoms with E-state index in [0.29, 0.717) is 6.54 Å². The number of likely N-dealkylation sites (tertiary alicyclic amines) is 1. The lowest BCUT2D eigenvalue weighted by Crippen LogP contribution is -2.54. The number of benzene rings is 1. The molecular formula is C27H40N6O3S. The predicted octanol–water partition coefficient (Wildman–Crippen LogP) is 3.04. The summed E-state index contributed by atoms with van der Waals surface area (Å²) < 4.78 is 31.9. The molecular weight excluding hydrogens is 488 g/mol. The van der Waals surface area contributed by atoms with Crippen molar-refractivity contribution in [1.29, 1.82) is 0 Å². The molecule has 1 aromatic heterocycles. The number of sulfonamides is 1. The minimum Gasteiger partial charge on any atom is -0.368 e. The molecule has 0 spiro atoms. The SMILES string of the molecule is C=CC(=O)N1C[C@H](n2ncc3c(N4C[C@H](C)N[C@@H](C)C4)cc(S(=O)(=O)NC4(C)CC4)cc32)C[C@H]1C(C)C. The van der Waals surface area contributed by atoms with Crippen LogP contribution in [0.1, 0.15) is 59.9 Å². The highest BCUT2D eigenvalue weighted by atomic mass is 32.2. The maximum absolute atomic E-state index is 13.5. The second-order valence-electron chi connectivity index (χ2n) is 11.9. The summed E-state index contributed by atoms with van der Waals surface area (Å²) in [5.74, 6) is 0.210. The van der Waals surface area contributed by atoms with Gasteiger partial charge in [-0.05, 0) is 64.2 Å². The highest BCUT2D eigenvalue weighted by molar-refractivity contribution is 7.89. The Morgan fingerprint density at radius 2 is 1.89 bits per heavy atom. The van der Waals surface area contributed by atoms with Crippen LogP contribution in [0.15, 0.2) is 35.9 Å². The molecule has 9 nitrogen and oxygen atoms in total. The summed E-state index contributed by atoms with van der Waals surface area (Å²) in [5, 5.41) is 9.29. The lowest BCUT2D eigenvalue weighted by molar-refractivity contribution is -0.127. The number of hydrogen-bond donors (Lipinski definition) is 2. The summed E-state index contributed by atoms with van der Waals surface area (Å²) in [4.78, 5) is 17.1. The van der Waals surface area contributed by atoms with E-state index >= 15 is 0 Å². The molecule has 3 heterocycles. The van der Waals surface area contributed by atoms with E-state index in [-0.39, 0.29) is 46.4 Å². The molecule has 2 saturated heterocycles. The average molecular weight is 529 g/mol. The van der Waals surface area contributed by atoms with Crippen LogP contribution in [-0.2, 0) is 14.8 Å². The molecule has 202 valence electrons. The van der Waals surface area contributed by atoms with Crippen LogP contribution in [-0.4, -0.2) is 72.3 Å². The second-order valence-corrected chi connectivity index (χ2v) is 13.6. The third kappa shape index (κ3) is 5.03. The van der Waals surface area contributed by atoms with E-state index in [4.69, 9.17) is 5.10 Å². The number of hydrogen-bond acceptors (Lipinski definition) is 6. The van der Waals surface area contributed by atoms with Crippen molar-refractivity contribution < 1.29 is 13.2 Å². The molecule has 4 atom stereocenters. The van der Waals surface area contributed by atoms with Crippen LogP contribution < -0.4 is 14.9 Å². The molecule has 2 aliphatic heterocycles. The molecule has 37 heavy (non-hydrogen) atoms. The second kappa shape index (κ2) is 9.39. The fourth-order valence-corrected chi connectivity index (χ4v) is 7.53. The molecule has 1 aromatic carbocycles. The first-order valence-electron chi connectivity index (χ1n) is 13.4. The van der Waals surface area contributed by atoms with Crippen LogP contribution >= 0.6 is 0 Å². The number of anilines is 1. The number of rotatable bonds is 7. The molecule has 10 heteroatoms. The van der Waals surface area contributed by atoms with Crippen molar-refractivity contribution >= 4 is 32.5 Å². The van der Waals surface area contributed by atoms with Crippen molar-refractivity contribution in [3.05, 3.63) is 31.0 Å².